The maximum absolute atomic E-state index is 14.0. The van der Waals surface area contributed by atoms with Crippen LogP contribution in [0.25, 0.3) is 0 Å². The van der Waals surface area contributed by atoms with Crippen LogP contribution in [0.1, 0.15) is 39.0 Å². The van der Waals surface area contributed by atoms with Crippen molar-refractivity contribution in [3.05, 3.63) is 30.1 Å². The molecule has 2 amide bonds. The van der Waals surface area contributed by atoms with Crippen LogP contribution in [0, 0.1) is 5.82 Å². The fourth-order valence-corrected chi connectivity index (χ4v) is 4.02. The minimum absolute atomic E-state index is 0.0219. The van der Waals surface area contributed by atoms with Gasteiger partial charge in [-0.15, -0.1) is 0 Å². The number of aliphatic hydroxyl groups is 1. The molecule has 3 unspecified atom stereocenters. The molecule has 2 saturated heterocycles. The number of urea groups is 1. The number of benzene rings is 1. The lowest BCUT2D eigenvalue weighted by Gasteiger charge is -2.36. The van der Waals surface area contributed by atoms with Crippen molar-refractivity contribution in [3.63, 3.8) is 0 Å². The second kappa shape index (κ2) is 8.04. The van der Waals surface area contributed by atoms with Gasteiger partial charge in [-0.1, -0.05) is 12.1 Å². The monoisotopic (exact) mass is 349 g/mol. The van der Waals surface area contributed by atoms with Crippen molar-refractivity contribution in [3.8, 4) is 0 Å². The number of para-hydroxylation sites is 1. The average Bonchev–Trinajstić information content (AvgIpc) is 3.03. The van der Waals surface area contributed by atoms with Gasteiger partial charge in [0.2, 0.25) is 0 Å². The minimum atomic E-state index is -0.398. The van der Waals surface area contributed by atoms with E-state index in [-0.39, 0.29) is 23.9 Å². The number of halogens is 1. The molecular weight excluding hydrogens is 321 g/mol. The predicted molar refractivity (Wildman–Crippen MR) is 96.2 cm³/mol. The van der Waals surface area contributed by atoms with Crippen LogP contribution in [0.4, 0.5) is 14.9 Å². The Morgan fingerprint density at radius 3 is 2.84 bits per heavy atom. The molecule has 2 heterocycles. The van der Waals surface area contributed by atoms with Gasteiger partial charge in [0, 0.05) is 31.7 Å². The summed E-state index contributed by atoms with van der Waals surface area (Å²) in [4.78, 5) is 16.5. The van der Waals surface area contributed by atoms with Crippen LogP contribution in [0.5, 0.6) is 0 Å². The Morgan fingerprint density at radius 1 is 1.32 bits per heavy atom. The molecule has 1 aromatic rings. The zero-order valence-electron chi connectivity index (χ0n) is 14.8. The summed E-state index contributed by atoms with van der Waals surface area (Å²) in [5.41, 5.74) is 0.606. The van der Waals surface area contributed by atoms with Crippen molar-refractivity contribution in [1.82, 2.24) is 10.2 Å². The first kappa shape index (κ1) is 18.0. The highest BCUT2D eigenvalue weighted by Crippen LogP contribution is 2.24. The number of carbonyl (C=O) groups is 1. The minimum Gasteiger partial charge on any atom is -0.393 e. The maximum Gasteiger partial charge on any atom is 0.317 e. The van der Waals surface area contributed by atoms with Gasteiger partial charge >= 0.3 is 6.03 Å². The number of likely N-dealkylation sites (tertiary alicyclic amines) is 1. The largest absolute Gasteiger partial charge is 0.393 e. The Morgan fingerprint density at radius 2 is 2.08 bits per heavy atom. The molecule has 0 aliphatic carbocycles. The van der Waals surface area contributed by atoms with Gasteiger partial charge in [0.15, 0.2) is 0 Å². The number of anilines is 1. The molecule has 2 fully saturated rings. The van der Waals surface area contributed by atoms with E-state index in [2.05, 4.69) is 5.32 Å². The molecule has 2 aliphatic heterocycles. The summed E-state index contributed by atoms with van der Waals surface area (Å²) < 4.78 is 14.0. The highest BCUT2D eigenvalue weighted by Gasteiger charge is 2.31. The van der Waals surface area contributed by atoms with Crippen LogP contribution >= 0.6 is 0 Å². The molecule has 25 heavy (non-hydrogen) atoms. The third-order valence-corrected chi connectivity index (χ3v) is 5.19. The lowest BCUT2D eigenvalue weighted by Crippen LogP contribution is -2.53. The molecule has 6 heteroatoms. The molecule has 0 radical (unpaired) electrons. The topological polar surface area (TPSA) is 55.8 Å². The van der Waals surface area contributed by atoms with Gasteiger partial charge < -0.3 is 20.2 Å². The Balaban J connectivity index is 1.59. The molecule has 5 nitrogen and oxygen atoms in total. The summed E-state index contributed by atoms with van der Waals surface area (Å²) in [6, 6.07) is 6.88. The Bertz CT molecular complexity index is 596. The van der Waals surface area contributed by atoms with Crippen LogP contribution in [0.15, 0.2) is 24.3 Å². The fraction of sp³-hybridized carbons (Fsp3) is 0.632. The first-order valence-corrected chi connectivity index (χ1v) is 9.29. The summed E-state index contributed by atoms with van der Waals surface area (Å²) >= 11 is 0. The van der Waals surface area contributed by atoms with Crippen molar-refractivity contribution < 1.29 is 14.3 Å². The van der Waals surface area contributed by atoms with Crippen molar-refractivity contribution in [2.45, 2.75) is 57.2 Å². The van der Waals surface area contributed by atoms with E-state index in [9.17, 15) is 14.3 Å². The van der Waals surface area contributed by atoms with E-state index in [4.69, 9.17) is 0 Å². The normalized spacial score (nSPS) is 25.1. The standard InChI is InChI=1S/C19H28FN3O2/c1-14(24)12-16-7-5-11-23(16)19(25)21-15-6-4-10-22(13-15)18-9-3-2-8-17(18)20/h2-3,8-9,14-16,24H,4-7,10-13H2,1H3,(H,21,25). The summed E-state index contributed by atoms with van der Waals surface area (Å²) in [7, 11) is 0. The van der Waals surface area contributed by atoms with Gasteiger partial charge in [-0.05, 0) is 51.2 Å². The van der Waals surface area contributed by atoms with Crippen LogP contribution in [0.2, 0.25) is 0 Å². The maximum atomic E-state index is 14.0. The number of piperidine rings is 1. The zero-order chi connectivity index (χ0) is 17.8. The number of nitrogens with zero attached hydrogens (tertiary/aromatic N) is 2. The predicted octanol–water partition coefficient (Wildman–Crippen LogP) is 2.74. The fourth-order valence-electron chi connectivity index (χ4n) is 4.02. The Labute approximate surface area is 148 Å². The van der Waals surface area contributed by atoms with Gasteiger partial charge in [0.05, 0.1) is 11.8 Å². The number of rotatable bonds is 4. The lowest BCUT2D eigenvalue weighted by atomic mass is 10.0. The third-order valence-electron chi connectivity index (χ3n) is 5.19. The Hall–Kier alpha value is -1.82. The van der Waals surface area contributed by atoms with Gasteiger partial charge in [-0.2, -0.15) is 0 Å². The number of aliphatic hydroxyl groups excluding tert-OH is 1. The van der Waals surface area contributed by atoms with E-state index in [1.807, 2.05) is 15.9 Å². The molecule has 138 valence electrons. The molecule has 2 N–H and O–H groups in total. The van der Waals surface area contributed by atoms with E-state index in [0.717, 1.165) is 38.8 Å². The van der Waals surface area contributed by atoms with Crippen molar-refractivity contribution >= 4 is 11.7 Å². The first-order valence-electron chi connectivity index (χ1n) is 9.29. The highest BCUT2D eigenvalue weighted by atomic mass is 19.1. The molecular formula is C19H28FN3O2. The summed E-state index contributed by atoms with van der Waals surface area (Å²) in [5, 5.41) is 12.7. The van der Waals surface area contributed by atoms with E-state index < -0.39 is 6.10 Å². The molecule has 2 aliphatic rings. The molecule has 1 aromatic carbocycles. The van der Waals surface area contributed by atoms with E-state index >= 15 is 0 Å². The summed E-state index contributed by atoms with van der Waals surface area (Å²) in [5.74, 6) is -0.217. The van der Waals surface area contributed by atoms with E-state index in [1.54, 1.807) is 19.1 Å². The van der Waals surface area contributed by atoms with E-state index in [1.165, 1.54) is 6.07 Å². The molecule has 0 aromatic heterocycles. The second-order valence-corrected chi connectivity index (χ2v) is 7.26. The van der Waals surface area contributed by atoms with Gasteiger partial charge in [0.1, 0.15) is 5.82 Å². The second-order valence-electron chi connectivity index (χ2n) is 7.26. The SMILES string of the molecule is CC(O)CC1CCCN1C(=O)NC1CCCN(c2ccccc2F)C1. The smallest absolute Gasteiger partial charge is 0.317 e. The van der Waals surface area contributed by atoms with Gasteiger partial charge in [-0.25, -0.2) is 9.18 Å². The number of nitrogens with one attached hydrogen (secondary N) is 1. The molecule has 0 saturated carbocycles. The molecule has 0 spiro atoms. The summed E-state index contributed by atoms with van der Waals surface area (Å²) in [6.07, 6.45) is 3.99. The van der Waals surface area contributed by atoms with Crippen LogP contribution in [-0.2, 0) is 0 Å². The Kier molecular flexibility index (Phi) is 5.78. The molecule has 0 bridgehead atoms. The highest BCUT2D eigenvalue weighted by molar-refractivity contribution is 5.75. The van der Waals surface area contributed by atoms with Gasteiger partial charge in [0.25, 0.3) is 0 Å². The number of hydrogen-bond donors (Lipinski definition) is 2. The number of hydrogen-bond acceptors (Lipinski definition) is 3. The quantitative estimate of drug-likeness (QED) is 0.879. The van der Waals surface area contributed by atoms with Crippen LogP contribution in [0.3, 0.4) is 0 Å². The molecule has 3 rings (SSSR count). The van der Waals surface area contributed by atoms with Crippen molar-refractivity contribution in [2.24, 2.45) is 0 Å². The average molecular weight is 349 g/mol. The third kappa shape index (κ3) is 4.42. The van der Waals surface area contributed by atoms with Crippen LogP contribution in [-0.4, -0.2) is 53.9 Å². The first-order chi connectivity index (χ1) is 12.0. The number of carbonyl (C=O) groups excluding carboxylic acids is 1. The van der Waals surface area contributed by atoms with Crippen LogP contribution < -0.4 is 10.2 Å². The zero-order valence-corrected chi connectivity index (χ0v) is 14.8. The van der Waals surface area contributed by atoms with Crippen molar-refractivity contribution in [1.29, 1.82) is 0 Å². The lowest BCUT2D eigenvalue weighted by molar-refractivity contribution is 0.136. The summed E-state index contributed by atoms with van der Waals surface area (Å²) in [6.45, 7) is 3.94. The number of amides is 2. The molecule has 3 atom stereocenters. The van der Waals surface area contributed by atoms with Crippen molar-refractivity contribution in [2.75, 3.05) is 24.5 Å². The van der Waals surface area contributed by atoms with E-state index in [0.29, 0.717) is 18.7 Å². The van der Waals surface area contributed by atoms with Gasteiger partial charge in [-0.3, -0.25) is 0 Å².